The Balaban J connectivity index is 2.50. The molecule has 1 unspecified atom stereocenters. The van der Waals surface area contributed by atoms with Gasteiger partial charge in [-0.3, -0.25) is 0 Å². The summed E-state index contributed by atoms with van der Waals surface area (Å²) in [6.07, 6.45) is -0.456. The van der Waals surface area contributed by atoms with E-state index in [1.54, 1.807) is 38.1 Å². The lowest BCUT2D eigenvalue weighted by Crippen LogP contribution is -2.35. The van der Waals surface area contributed by atoms with E-state index in [0.29, 0.717) is 10.8 Å². The fourth-order valence-corrected chi connectivity index (χ4v) is 4.48. The van der Waals surface area contributed by atoms with E-state index in [4.69, 9.17) is 9.05 Å². The van der Waals surface area contributed by atoms with Crippen molar-refractivity contribution in [2.45, 2.75) is 25.9 Å². The van der Waals surface area contributed by atoms with Crippen LogP contribution in [-0.2, 0) is 20.3 Å². The van der Waals surface area contributed by atoms with Crippen LogP contribution in [0.15, 0.2) is 30.3 Å². The number of rotatable bonds is 8. The number of aromatic hydroxyl groups is 1. The summed E-state index contributed by atoms with van der Waals surface area (Å²) in [6, 6.07) is 8.03. The molecular weight excluding hydrogens is 347 g/mol. The first kappa shape index (κ1) is 19.4. The van der Waals surface area contributed by atoms with Crippen LogP contribution in [0.4, 0.5) is 0 Å². The average Bonchev–Trinajstić information content (AvgIpc) is 2.54. The molecule has 2 N–H and O–H groups in total. The number of carbonyl (C=O) groups is 1. The summed E-state index contributed by atoms with van der Waals surface area (Å²) in [4.78, 5) is 24.5. The summed E-state index contributed by atoms with van der Waals surface area (Å²) >= 11 is 0. The molecule has 0 amide bonds. The Bertz CT molecular complexity index is 756. The molecule has 7 nitrogen and oxygen atoms in total. The van der Waals surface area contributed by atoms with Crippen molar-refractivity contribution < 1.29 is 34.1 Å². The van der Waals surface area contributed by atoms with Crippen LogP contribution >= 0.6 is 7.94 Å². The van der Waals surface area contributed by atoms with Crippen molar-refractivity contribution in [3.05, 3.63) is 35.9 Å². The van der Waals surface area contributed by atoms with Crippen LogP contribution in [0.2, 0.25) is 0 Å². The highest BCUT2D eigenvalue weighted by molar-refractivity contribution is 7.61. The third kappa shape index (κ3) is 4.02. The van der Waals surface area contributed by atoms with Crippen molar-refractivity contribution in [2.75, 3.05) is 13.2 Å². The maximum absolute atomic E-state index is 12.8. The van der Waals surface area contributed by atoms with E-state index in [0.717, 1.165) is 0 Å². The van der Waals surface area contributed by atoms with Gasteiger partial charge in [-0.2, -0.15) is 0 Å². The van der Waals surface area contributed by atoms with Crippen LogP contribution in [0.5, 0.6) is 11.5 Å². The molecule has 0 bridgehead atoms. The second-order valence-corrected chi connectivity index (χ2v) is 7.58. The summed E-state index contributed by atoms with van der Waals surface area (Å²) in [5.41, 5.74) is -1.71. The van der Waals surface area contributed by atoms with Gasteiger partial charge in [0, 0.05) is 6.42 Å². The normalized spacial score (nSPS) is 13.1. The quantitative estimate of drug-likeness (QED) is 0.682. The smallest absolute Gasteiger partial charge is 0.350 e. The number of aliphatic carboxylic acids is 1. The maximum Gasteiger partial charge on any atom is 0.350 e. The molecule has 0 aliphatic carbocycles. The number of hydrogen-bond donors (Lipinski definition) is 2. The summed E-state index contributed by atoms with van der Waals surface area (Å²) in [5.74, 6) is -2.26. The van der Waals surface area contributed by atoms with Crippen LogP contribution < -0.4 is 10.00 Å². The Labute approximate surface area is 146 Å². The average molecular weight is 367 g/mol. The Kier molecular flexibility index (Phi) is 6.19. The molecule has 0 aliphatic heterocycles. The second-order valence-electron chi connectivity index (χ2n) is 5.36. The van der Waals surface area contributed by atoms with Crippen molar-refractivity contribution in [1.29, 1.82) is 0 Å². The standard InChI is InChI=1S/C17H21O7P/c1-3-23-25(22,24-4-2)15(17(20)21)10-13-14(18)9-11-7-5-6-8-12(11)16(13)19/h5-9,15,18-19H,3-4,10H2,1-2H3,(H,20,21)/p-1. The molecule has 0 aliphatic rings. The number of carboxylic acid groups (broad SMARTS) is 1. The van der Waals surface area contributed by atoms with Gasteiger partial charge in [0.2, 0.25) is 5.66 Å². The van der Waals surface area contributed by atoms with Gasteiger partial charge in [-0.05, 0) is 36.2 Å². The zero-order valence-electron chi connectivity index (χ0n) is 14.0. The number of fused-ring (bicyclic) bond motifs is 1. The van der Waals surface area contributed by atoms with Gasteiger partial charge in [-0.25, -0.2) is 13.8 Å². The molecular formula is C17H20O7P-. The molecule has 8 heteroatoms. The van der Waals surface area contributed by atoms with Gasteiger partial charge in [0.05, 0.1) is 13.2 Å². The van der Waals surface area contributed by atoms with Crippen molar-refractivity contribution in [1.82, 2.24) is 0 Å². The highest BCUT2D eigenvalue weighted by Crippen LogP contribution is 2.58. The monoisotopic (exact) mass is 367 g/mol. The second kappa shape index (κ2) is 7.97. The third-order valence-electron chi connectivity index (χ3n) is 3.76. The van der Waals surface area contributed by atoms with E-state index in [1.165, 1.54) is 6.07 Å². The van der Waals surface area contributed by atoms with Crippen molar-refractivity contribution in [3.8, 4) is 11.5 Å². The minimum atomic E-state index is -4.00. The largest absolute Gasteiger partial charge is 0.872 e. The fraction of sp³-hybridized carbons (Fsp3) is 0.353. The highest BCUT2D eigenvalue weighted by atomic mass is 31.2. The molecule has 0 aromatic heterocycles. The molecule has 0 radical (unpaired) electrons. The Morgan fingerprint density at radius 3 is 2.40 bits per heavy atom. The van der Waals surface area contributed by atoms with Gasteiger partial charge in [0.1, 0.15) is 5.75 Å². The summed E-state index contributed by atoms with van der Waals surface area (Å²) in [7, 11) is -4.00. The molecule has 1 atom stereocenters. The van der Waals surface area contributed by atoms with E-state index < -0.39 is 31.7 Å². The zero-order valence-corrected chi connectivity index (χ0v) is 14.9. The molecule has 0 saturated heterocycles. The molecule has 0 fully saturated rings. The highest BCUT2D eigenvalue weighted by Gasteiger charge is 2.46. The lowest BCUT2D eigenvalue weighted by molar-refractivity contribution is -0.267. The van der Waals surface area contributed by atoms with Crippen LogP contribution in [0.25, 0.3) is 10.8 Å². The first-order valence-corrected chi connectivity index (χ1v) is 9.47. The maximum atomic E-state index is 12.8. The summed E-state index contributed by atoms with van der Waals surface area (Å²) in [6.45, 7) is 3.12. The number of hydrogen-bond acceptors (Lipinski definition) is 6. The lowest BCUT2D eigenvalue weighted by Gasteiger charge is -2.32. The van der Waals surface area contributed by atoms with Crippen LogP contribution in [-0.4, -0.2) is 35.1 Å². The number of benzene rings is 2. The Morgan fingerprint density at radius 1 is 1.24 bits per heavy atom. The molecule has 0 heterocycles. The van der Waals surface area contributed by atoms with Gasteiger partial charge in [-0.1, -0.05) is 30.0 Å². The molecule has 2 aromatic carbocycles. The topological polar surface area (TPSA) is 122 Å². The first-order chi connectivity index (χ1) is 11.8. The summed E-state index contributed by atoms with van der Waals surface area (Å²) < 4.78 is 10.2. The van der Waals surface area contributed by atoms with Crippen molar-refractivity contribution in [2.24, 2.45) is 0 Å². The van der Waals surface area contributed by atoms with Crippen molar-refractivity contribution >= 4 is 24.7 Å². The predicted molar refractivity (Wildman–Crippen MR) is 90.4 cm³/mol. The van der Waals surface area contributed by atoms with Gasteiger partial charge < -0.3 is 20.2 Å². The molecule has 136 valence electrons. The van der Waals surface area contributed by atoms with Crippen LogP contribution in [0, 0.1) is 0 Å². The van der Waals surface area contributed by atoms with E-state index in [-0.39, 0.29) is 24.5 Å². The SMILES string of the molecule is CCO[P+]([O-])(OCC)C(Cc1c(O)cc2ccccc2c1[O-])C(=O)O. The molecule has 2 rings (SSSR count). The van der Waals surface area contributed by atoms with Gasteiger partial charge >= 0.3 is 5.97 Å². The molecule has 25 heavy (non-hydrogen) atoms. The molecule has 0 saturated carbocycles. The van der Waals surface area contributed by atoms with E-state index in [1.807, 2.05) is 0 Å². The van der Waals surface area contributed by atoms with E-state index in [9.17, 15) is 25.0 Å². The van der Waals surface area contributed by atoms with Gasteiger partial charge in [0.15, 0.2) is 0 Å². The van der Waals surface area contributed by atoms with E-state index in [2.05, 4.69) is 0 Å². The number of phenols is 1. The van der Waals surface area contributed by atoms with Crippen LogP contribution in [0.3, 0.4) is 0 Å². The van der Waals surface area contributed by atoms with E-state index >= 15 is 0 Å². The first-order valence-electron chi connectivity index (χ1n) is 7.86. The zero-order chi connectivity index (χ0) is 18.6. The predicted octanol–water partition coefficient (Wildman–Crippen LogP) is 1.81. The number of phenolic OH excluding ortho intramolecular Hbond substituents is 1. The third-order valence-corrected chi connectivity index (χ3v) is 6.17. The Hall–Kier alpha value is -1.92. The Morgan fingerprint density at radius 2 is 1.84 bits per heavy atom. The van der Waals surface area contributed by atoms with Crippen molar-refractivity contribution in [3.63, 3.8) is 0 Å². The van der Waals surface area contributed by atoms with Crippen LogP contribution in [0.1, 0.15) is 19.4 Å². The fourth-order valence-electron chi connectivity index (χ4n) is 2.65. The molecule has 0 spiro atoms. The lowest BCUT2D eigenvalue weighted by atomic mass is 10.0. The molecule has 2 aromatic rings. The minimum absolute atomic E-state index is 0.00497. The minimum Gasteiger partial charge on any atom is -0.872 e. The summed E-state index contributed by atoms with van der Waals surface area (Å²) in [5, 5.41) is 33.2. The van der Waals surface area contributed by atoms with Gasteiger partial charge in [0.25, 0.3) is 7.94 Å². The number of carboxylic acids is 1. The van der Waals surface area contributed by atoms with Gasteiger partial charge in [-0.15, -0.1) is 0 Å².